The van der Waals surface area contributed by atoms with Crippen LogP contribution in [-0.2, 0) is 38.1 Å². The van der Waals surface area contributed by atoms with Gasteiger partial charge in [-0.3, -0.25) is 9.59 Å². The summed E-state index contributed by atoms with van der Waals surface area (Å²) in [6, 6.07) is 0. The average molecular weight is 416 g/mol. The molecule has 0 unspecified atom stereocenters. The van der Waals surface area contributed by atoms with Gasteiger partial charge >= 0.3 is 17.9 Å². The zero-order valence-electron chi connectivity index (χ0n) is 17.1. The van der Waals surface area contributed by atoms with Gasteiger partial charge in [0.15, 0.2) is 11.9 Å². The van der Waals surface area contributed by atoms with E-state index in [0.29, 0.717) is 12.0 Å². The molecule has 0 N–H and O–H groups in total. The lowest BCUT2D eigenvalue weighted by Gasteiger charge is -2.30. The Morgan fingerprint density at radius 1 is 1.27 bits per heavy atom. The lowest BCUT2D eigenvalue weighted by atomic mass is 9.78. The van der Waals surface area contributed by atoms with E-state index in [1.165, 1.54) is 13.0 Å². The van der Waals surface area contributed by atoms with E-state index in [1.807, 2.05) is 6.92 Å². The van der Waals surface area contributed by atoms with Gasteiger partial charge in [-0.25, -0.2) is 9.59 Å². The van der Waals surface area contributed by atoms with Gasteiger partial charge in [0.1, 0.15) is 12.7 Å². The molecule has 8 heteroatoms. The lowest BCUT2D eigenvalue weighted by Crippen LogP contribution is -2.42. The third kappa shape index (κ3) is 2.93. The number of epoxide rings is 1. The normalized spacial score (nSPS) is 39.5. The Morgan fingerprint density at radius 2 is 1.97 bits per heavy atom. The van der Waals surface area contributed by atoms with E-state index in [1.54, 1.807) is 6.92 Å². The van der Waals surface area contributed by atoms with E-state index in [0.717, 1.165) is 0 Å². The molecule has 2 aliphatic carbocycles. The van der Waals surface area contributed by atoms with E-state index < -0.39 is 47.4 Å². The third-order valence-corrected chi connectivity index (χ3v) is 6.78. The first-order valence-electron chi connectivity index (χ1n) is 9.90. The van der Waals surface area contributed by atoms with Crippen molar-refractivity contribution in [1.29, 1.82) is 0 Å². The second kappa shape index (κ2) is 6.91. The van der Waals surface area contributed by atoms with Crippen molar-refractivity contribution in [3.63, 3.8) is 0 Å². The van der Waals surface area contributed by atoms with Crippen molar-refractivity contribution in [2.75, 3.05) is 6.61 Å². The SMILES string of the molecule is C=C1C(=O)O[C@@H]2[C@H]1[C@H](OC(=O)/C(=C/C)COC(C)=O)C(=O)C(=C)[C@@H]1C[C@H]3O[C@@]3(C)[C@H]21. The first kappa shape index (κ1) is 20.5. The number of hydrogen-bond donors (Lipinski definition) is 0. The summed E-state index contributed by atoms with van der Waals surface area (Å²) < 4.78 is 21.9. The van der Waals surface area contributed by atoms with Crippen molar-refractivity contribution < 1.29 is 38.1 Å². The van der Waals surface area contributed by atoms with Gasteiger partial charge in [-0.2, -0.15) is 0 Å². The van der Waals surface area contributed by atoms with E-state index in [-0.39, 0.29) is 35.7 Å². The maximum atomic E-state index is 13.3. The first-order chi connectivity index (χ1) is 14.1. The summed E-state index contributed by atoms with van der Waals surface area (Å²) in [4.78, 5) is 49.5. The molecular weight excluding hydrogens is 392 g/mol. The van der Waals surface area contributed by atoms with Crippen LogP contribution >= 0.6 is 0 Å². The minimum atomic E-state index is -1.30. The minimum Gasteiger partial charge on any atom is -0.461 e. The summed E-state index contributed by atoms with van der Waals surface area (Å²) in [6.07, 6.45) is 0.0421. The van der Waals surface area contributed by atoms with E-state index in [9.17, 15) is 19.2 Å². The van der Waals surface area contributed by atoms with Crippen LogP contribution in [0.1, 0.15) is 27.2 Å². The number of hydrogen-bond acceptors (Lipinski definition) is 8. The maximum absolute atomic E-state index is 13.3. The van der Waals surface area contributed by atoms with Crippen molar-refractivity contribution in [2.45, 2.75) is 51.1 Å². The van der Waals surface area contributed by atoms with Crippen molar-refractivity contribution in [3.8, 4) is 0 Å². The molecule has 0 aromatic carbocycles. The zero-order valence-corrected chi connectivity index (χ0v) is 17.1. The number of ether oxygens (including phenoxy) is 4. The van der Waals surface area contributed by atoms with Crippen LogP contribution in [-0.4, -0.2) is 54.2 Å². The molecule has 8 nitrogen and oxygen atoms in total. The molecule has 2 saturated heterocycles. The van der Waals surface area contributed by atoms with Crippen LogP contribution in [0.5, 0.6) is 0 Å². The molecule has 30 heavy (non-hydrogen) atoms. The van der Waals surface area contributed by atoms with Gasteiger partial charge in [0.2, 0.25) is 0 Å². The van der Waals surface area contributed by atoms with Crippen molar-refractivity contribution in [3.05, 3.63) is 36.0 Å². The molecule has 4 aliphatic rings. The summed E-state index contributed by atoms with van der Waals surface area (Å²) in [6.45, 7) is 12.3. The fourth-order valence-electron chi connectivity index (χ4n) is 5.08. The predicted molar refractivity (Wildman–Crippen MR) is 102 cm³/mol. The third-order valence-electron chi connectivity index (χ3n) is 6.78. The van der Waals surface area contributed by atoms with Gasteiger partial charge in [-0.05, 0) is 31.8 Å². The highest BCUT2D eigenvalue weighted by molar-refractivity contribution is 6.04. The Labute approximate surface area is 173 Å². The number of esters is 3. The Bertz CT molecular complexity index is 914. The number of Topliss-reactive ketones (excluding diaryl/α,β-unsaturated/α-hetero) is 1. The fraction of sp³-hybridized carbons (Fsp3) is 0.545. The van der Waals surface area contributed by atoms with Crippen molar-refractivity contribution in [2.24, 2.45) is 17.8 Å². The van der Waals surface area contributed by atoms with Gasteiger partial charge in [-0.15, -0.1) is 0 Å². The molecule has 0 spiro atoms. The van der Waals surface area contributed by atoms with Crippen LogP contribution in [0, 0.1) is 17.8 Å². The summed E-state index contributed by atoms with van der Waals surface area (Å²) in [5.41, 5.74) is 0.00661. The molecule has 2 heterocycles. The first-order valence-corrected chi connectivity index (χ1v) is 9.90. The summed E-state index contributed by atoms with van der Waals surface area (Å²) >= 11 is 0. The molecule has 0 aromatic rings. The van der Waals surface area contributed by atoms with Gasteiger partial charge in [0.25, 0.3) is 0 Å². The van der Waals surface area contributed by atoms with Crippen LogP contribution in [0.2, 0.25) is 0 Å². The largest absolute Gasteiger partial charge is 0.461 e. The lowest BCUT2D eigenvalue weighted by molar-refractivity contribution is -0.155. The van der Waals surface area contributed by atoms with Crippen LogP contribution in [0.15, 0.2) is 36.0 Å². The van der Waals surface area contributed by atoms with Crippen molar-refractivity contribution >= 4 is 23.7 Å². The highest BCUT2D eigenvalue weighted by Crippen LogP contribution is 2.63. The van der Waals surface area contributed by atoms with E-state index >= 15 is 0 Å². The molecule has 0 radical (unpaired) electrons. The van der Waals surface area contributed by atoms with Gasteiger partial charge in [0.05, 0.1) is 23.2 Å². The van der Waals surface area contributed by atoms with Crippen LogP contribution < -0.4 is 0 Å². The molecule has 160 valence electrons. The van der Waals surface area contributed by atoms with Crippen molar-refractivity contribution in [1.82, 2.24) is 0 Å². The topological polar surface area (TPSA) is 108 Å². The van der Waals surface area contributed by atoms with Gasteiger partial charge < -0.3 is 18.9 Å². The molecule has 4 fully saturated rings. The molecule has 4 rings (SSSR count). The summed E-state index contributed by atoms with van der Waals surface area (Å²) in [5, 5.41) is 0. The fourth-order valence-corrected chi connectivity index (χ4v) is 5.08. The Kier molecular flexibility index (Phi) is 4.73. The number of carbonyl (C=O) groups is 4. The molecule has 2 aliphatic heterocycles. The highest BCUT2D eigenvalue weighted by atomic mass is 16.6. The second-order valence-corrected chi connectivity index (χ2v) is 8.39. The van der Waals surface area contributed by atoms with E-state index in [2.05, 4.69) is 13.2 Å². The Morgan fingerprint density at radius 3 is 2.60 bits per heavy atom. The quantitative estimate of drug-likeness (QED) is 0.293. The summed E-state index contributed by atoms with van der Waals surface area (Å²) in [7, 11) is 0. The van der Waals surface area contributed by atoms with E-state index in [4.69, 9.17) is 18.9 Å². The Hall–Kier alpha value is -2.74. The zero-order chi connectivity index (χ0) is 22.0. The molecule has 0 amide bonds. The molecular formula is C22H24O8. The van der Waals surface area contributed by atoms with Crippen LogP contribution in [0.3, 0.4) is 0 Å². The molecule has 0 aromatic heterocycles. The number of rotatable bonds is 4. The number of fused-ring (bicyclic) bond motifs is 5. The maximum Gasteiger partial charge on any atom is 0.337 e. The monoisotopic (exact) mass is 416 g/mol. The standard InChI is InChI=1S/C22H24O8/c1-6-12(8-27-11(4)23)21(26)29-19-15-10(3)20(25)28-18(15)16-13(9(2)17(19)24)7-14-22(16,5)30-14/h6,13-16,18-19H,2-3,7-8H2,1,4-5H3/b12-6+/t13-,14+,15-,16-,18+,19-,22+/m0/s1. The summed E-state index contributed by atoms with van der Waals surface area (Å²) in [5.74, 6) is -3.73. The second-order valence-electron chi connectivity index (χ2n) is 8.39. The minimum absolute atomic E-state index is 0.0114. The highest BCUT2D eigenvalue weighted by Gasteiger charge is 2.73. The van der Waals surface area contributed by atoms with Crippen LogP contribution in [0.25, 0.3) is 0 Å². The number of carbonyl (C=O) groups excluding carboxylic acids is 4. The van der Waals surface area contributed by atoms with Gasteiger partial charge in [-0.1, -0.05) is 19.2 Å². The molecule has 2 saturated carbocycles. The molecule has 0 bridgehead atoms. The molecule has 7 atom stereocenters. The smallest absolute Gasteiger partial charge is 0.337 e. The Balaban J connectivity index is 1.65. The van der Waals surface area contributed by atoms with Gasteiger partial charge in [0, 0.05) is 18.4 Å². The predicted octanol–water partition coefficient (Wildman–Crippen LogP) is 1.44. The number of allylic oxidation sites excluding steroid dienone is 1. The average Bonchev–Trinajstić information content (AvgIpc) is 3.15. The van der Waals surface area contributed by atoms with Crippen LogP contribution in [0.4, 0.5) is 0 Å². The number of ketones is 1.